The van der Waals surface area contributed by atoms with Crippen LogP contribution in [0.5, 0.6) is 0 Å². The third-order valence-electron chi connectivity index (χ3n) is 10.8. The van der Waals surface area contributed by atoms with Gasteiger partial charge >= 0.3 is 0 Å². The van der Waals surface area contributed by atoms with Crippen LogP contribution in [-0.4, -0.2) is 78.4 Å². The number of fused-ring (bicyclic) bond motifs is 3. The van der Waals surface area contributed by atoms with E-state index in [9.17, 15) is 17.8 Å². The molecular weight excluding hydrogens is 789 g/mol. The van der Waals surface area contributed by atoms with Crippen molar-refractivity contribution >= 4 is 55.1 Å². The van der Waals surface area contributed by atoms with Gasteiger partial charge in [0.1, 0.15) is 37.6 Å². The molecule has 310 valence electrons. The quantitative estimate of drug-likeness (QED) is 0.0431. The van der Waals surface area contributed by atoms with E-state index in [4.69, 9.17) is 4.42 Å². The number of rotatable bonds is 14. The number of hydrogen-bond donors (Lipinski definition) is 3. The minimum atomic E-state index is -4.04. The number of amides is 1. The van der Waals surface area contributed by atoms with Crippen LogP contribution in [0.15, 0.2) is 126 Å². The number of anilines is 3. The van der Waals surface area contributed by atoms with Gasteiger partial charge in [0.15, 0.2) is 0 Å². The molecule has 0 saturated carbocycles. The molecule has 0 radical (unpaired) electrons. The minimum absolute atomic E-state index is 0.142. The van der Waals surface area contributed by atoms with Crippen LogP contribution in [0.4, 0.5) is 17.2 Å². The van der Waals surface area contributed by atoms with Crippen LogP contribution in [0, 0.1) is 6.92 Å². The maximum absolute atomic E-state index is 13.4. The van der Waals surface area contributed by atoms with Gasteiger partial charge in [-0.3, -0.25) is 9.35 Å². The summed E-state index contributed by atoms with van der Waals surface area (Å²) in [6.45, 7) is 3.63. The second-order valence-corrected chi connectivity index (χ2v) is 16.9. The molecule has 6 aromatic rings. The van der Waals surface area contributed by atoms with Crippen molar-refractivity contribution in [3.05, 3.63) is 138 Å². The standard InChI is InChI=1S/C47H46N8O5S/c1-31-24-33(47(56)48-20-8-22-55-28-42(51-30-55)32-10-7-11-34(25-32)52-46-38-12-5-6-13-41(38)49-29-50-46)14-17-37(31)45-39-18-15-35(53(2)3)26-43(39)60-44-27-36(16-19-40(44)45)54(4)21-9-23-61(57,58)59/h5-7,10-19,24-30H,8-9,20-23H2,1-4H3,(H2-,48,49,50,52,56,57,58,59)/p+1. The third-order valence-corrected chi connectivity index (χ3v) is 11.6. The number of carbonyl (C=O) groups is 1. The molecule has 14 heteroatoms. The van der Waals surface area contributed by atoms with Gasteiger partial charge < -0.3 is 24.5 Å². The van der Waals surface area contributed by atoms with Crippen LogP contribution in [-0.2, 0) is 16.7 Å². The maximum Gasteiger partial charge on any atom is 0.264 e. The lowest BCUT2D eigenvalue weighted by Gasteiger charge is -2.21. The summed E-state index contributed by atoms with van der Waals surface area (Å²) in [6.07, 6.45) is 6.39. The minimum Gasteiger partial charge on any atom is -0.456 e. The predicted octanol–water partition coefficient (Wildman–Crippen LogP) is 7.63. The second-order valence-electron chi connectivity index (χ2n) is 15.4. The fraction of sp³-hybridized carbons (Fsp3) is 0.213. The molecule has 0 spiro atoms. The topological polar surface area (TPSA) is 158 Å². The van der Waals surface area contributed by atoms with Crippen molar-refractivity contribution in [1.29, 1.82) is 0 Å². The van der Waals surface area contributed by atoms with E-state index in [1.807, 2.05) is 146 Å². The van der Waals surface area contributed by atoms with Gasteiger partial charge in [-0.1, -0.05) is 30.3 Å². The summed E-state index contributed by atoms with van der Waals surface area (Å²) in [4.78, 5) is 28.8. The summed E-state index contributed by atoms with van der Waals surface area (Å²) in [5.74, 6) is 1.00. The Morgan fingerprint density at radius 3 is 2.54 bits per heavy atom. The Labute approximate surface area is 354 Å². The number of aryl methyl sites for hydroxylation is 2. The molecular formula is C47H47N8O5S+. The number of imidazole rings is 1. The van der Waals surface area contributed by atoms with Crippen LogP contribution >= 0.6 is 0 Å². The molecule has 2 aliphatic rings. The van der Waals surface area contributed by atoms with Crippen molar-refractivity contribution in [3.8, 4) is 33.7 Å². The van der Waals surface area contributed by atoms with E-state index < -0.39 is 10.1 Å². The van der Waals surface area contributed by atoms with E-state index in [1.54, 1.807) is 6.33 Å². The molecule has 0 bridgehead atoms. The van der Waals surface area contributed by atoms with Crippen molar-refractivity contribution in [2.75, 3.05) is 50.2 Å². The molecule has 1 aliphatic heterocycles. The van der Waals surface area contributed by atoms with Crippen LogP contribution in [0.3, 0.4) is 0 Å². The molecule has 4 aromatic carbocycles. The summed E-state index contributed by atoms with van der Waals surface area (Å²) >= 11 is 0. The van der Waals surface area contributed by atoms with Crippen LogP contribution in [0.25, 0.3) is 55.6 Å². The SMILES string of the molecule is Cc1cc(C(=O)NCCCn2cnc(-c3cccc(Nc4ncnc5ccccc45)c3)c2)ccc1-c1c2ccc(=[N+](C)C)cc-2oc2cc(N(C)CCCS(=O)(=O)O)ccc12. The highest BCUT2D eigenvalue weighted by Crippen LogP contribution is 2.42. The van der Waals surface area contributed by atoms with E-state index in [2.05, 4.69) is 37.7 Å². The lowest BCUT2D eigenvalue weighted by atomic mass is 9.90. The van der Waals surface area contributed by atoms with Crippen molar-refractivity contribution in [1.82, 2.24) is 29.4 Å². The summed E-state index contributed by atoms with van der Waals surface area (Å²) in [5.41, 5.74) is 9.55. The molecule has 0 fully saturated rings. The Hall–Kier alpha value is -6.90. The Bertz CT molecular complexity index is 3060. The molecule has 3 N–H and O–H groups in total. The summed E-state index contributed by atoms with van der Waals surface area (Å²) in [7, 11) is 1.80. The monoisotopic (exact) mass is 835 g/mol. The number of nitrogens with zero attached hydrogens (tertiary/aromatic N) is 6. The zero-order valence-corrected chi connectivity index (χ0v) is 35.3. The molecule has 3 heterocycles. The molecule has 2 aromatic heterocycles. The lowest BCUT2D eigenvalue weighted by Crippen LogP contribution is -2.25. The summed E-state index contributed by atoms with van der Waals surface area (Å²) in [5, 5.41) is 9.36. The van der Waals surface area contributed by atoms with E-state index in [-0.39, 0.29) is 18.1 Å². The molecule has 0 unspecified atom stereocenters. The van der Waals surface area contributed by atoms with Gasteiger partial charge in [0.2, 0.25) is 5.36 Å². The largest absolute Gasteiger partial charge is 0.456 e. The molecule has 8 rings (SSSR count). The number of aromatic nitrogens is 4. The Morgan fingerprint density at radius 1 is 0.885 bits per heavy atom. The van der Waals surface area contributed by atoms with Crippen LogP contribution in [0.2, 0.25) is 0 Å². The number of hydrogen-bond acceptors (Lipinski definition) is 9. The normalized spacial score (nSPS) is 11.6. The highest BCUT2D eigenvalue weighted by atomic mass is 32.2. The number of carbonyl (C=O) groups excluding carboxylic acids is 1. The second kappa shape index (κ2) is 17.4. The van der Waals surface area contributed by atoms with Gasteiger partial charge in [0.05, 0.1) is 29.4 Å². The maximum atomic E-state index is 13.4. The molecule has 13 nitrogen and oxygen atoms in total. The molecule has 1 aliphatic carbocycles. The van der Waals surface area contributed by atoms with Gasteiger partial charge in [0.25, 0.3) is 16.0 Å². The third kappa shape index (κ3) is 9.30. The van der Waals surface area contributed by atoms with Crippen LogP contribution in [0.1, 0.15) is 28.8 Å². The highest BCUT2D eigenvalue weighted by molar-refractivity contribution is 7.85. The molecule has 1 amide bonds. The van der Waals surface area contributed by atoms with E-state index in [1.165, 1.54) is 0 Å². The highest BCUT2D eigenvalue weighted by Gasteiger charge is 2.21. The first kappa shape index (κ1) is 40.9. The summed E-state index contributed by atoms with van der Waals surface area (Å²) < 4.78 is 42.3. The molecule has 0 saturated heterocycles. The van der Waals surface area contributed by atoms with Crippen molar-refractivity contribution in [2.24, 2.45) is 0 Å². The van der Waals surface area contributed by atoms with Gasteiger partial charge in [0, 0.05) is 89.4 Å². The number of benzene rings is 5. The first-order valence-electron chi connectivity index (χ1n) is 20.1. The lowest BCUT2D eigenvalue weighted by molar-refractivity contribution is 0.0952. The van der Waals surface area contributed by atoms with Crippen molar-refractivity contribution < 1.29 is 22.2 Å². The van der Waals surface area contributed by atoms with Crippen molar-refractivity contribution in [2.45, 2.75) is 26.3 Å². The van der Waals surface area contributed by atoms with Gasteiger partial charge in [-0.25, -0.2) is 19.5 Å². The fourth-order valence-corrected chi connectivity index (χ4v) is 8.06. The predicted molar refractivity (Wildman–Crippen MR) is 242 cm³/mol. The van der Waals surface area contributed by atoms with E-state index in [0.29, 0.717) is 36.5 Å². The van der Waals surface area contributed by atoms with Crippen molar-refractivity contribution in [3.63, 3.8) is 0 Å². The van der Waals surface area contributed by atoms with E-state index in [0.717, 1.165) is 78.8 Å². The molecule has 61 heavy (non-hydrogen) atoms. The fourth-order valence-electron chi connectivity index (χ4n) is 7.57. The number of nitrogens with one attached hydrogen (secondary N) is 2. The van der Waals surface area contributed by atoms with Gasteiger partial charge in [-0.15, -0.1) is 0 Å². The van der Waals surface area contributed by atoms with Crippen LogP contribution < -0.4 is 25.5 Å². The van der Waals surface area contributed by atoms with Gasteiger partial charge in [-0.05, 0) is 85.5 Å². The first-order valence-corrected chi connectivity index (χ1v) is 21.7. The Morgan fingerprint density at radius 2 is 1.72 bits per heavy atom. The average Bonchev–Trinajstić information content (AvgIpc) is 3.73. The van der Waals surface area contributed by atoms with Gasteiger partial charge in [-0.2, -0.15) is 8.42 Å². The van der Waals surface area contributed by atoms with E-state index >= 15 is 0 Å². The molecule has 0 atom stereocenters. The zero-order valence-electron chi connectivity index (χ0n) is 34.5. The number of para-hydroxylation sites is 1. The zero-order chi connectivity index (χ0) is 42.7. The Balaban J connectivity index is 0.942. The Kier molecular flexibility index (Phi) is 11.6. The smallest absolute Gasteiger partial charge is 0.264 e. The average molecular weight is 836 g/mol. The summed E-state index contributed by atoms with van der Waals surface area (Å²) in [6, 6.07) is 33.8. The first-order chi connectivity index (χ1) is 29.4.